The molecule has 1 amide bonds. The van der Waals surface area contributed by atoms with E-state index in [0.29, 0.717) is 17.1 Å². The molecule has 102 valence electrons. The van der Waals surface area contributed by atoms with Crippen molar-refractivity contribution >= 4 is 17.7 Å². The standard InChI is InChI=1S/C14H24N2OS/c1-3-9-18-10-13(17)16-7-4-5-14(12-16)6-8-15(2)11-14/h3H,1,4-12H2,2H3. The first-order chi connectivity index (χ1) is 8.65. The number of thioether (sulfide) groups is 1. The number of carbonyl (C=O) groups excluding carboxylic acids is 1. The summed E-state index contributed by atoms with van der Waals surface area (Å²) in [7, 11) is 2.19. The predicted molar refractivity (Wildman–Crippen MR) is 77.9 cm³/mol. The molecule has 2 aliphatic heterocycles. The van der Waals surface area contributed by atoms with Crippen LogP contribution < -0.4 is 0 Å². The van der Waals surface area contributed by atoms with E-state index >= 15 is 0 Å². The maximum absolute atomic E-state index is 12.2. The monoisotopic (exact) mass is 268 g/mol. The van der Waals surface area contributed by atoms with Crippen molar-refractivity contribution < 1.29 is 4.79 Å². The lowest BCUT2D eigenvalue weighted by molar-refractivity contribution is -0.131. The van der Waals surface area contributed by atoms with E-state index in [4.69, 9.17) is 0 Å². The molecule has 1 spiro atoms. The highest BCUT2D eigenvalue weighted by Gasteiger charge is 2.41. The van der Waals surface area contributed by atoms with Gasteiger partial charge in [0, 0.05) is 30.8 Å². The largest absolute Gasteiger partial charge is 0.341 e. The summed E-state index contributed by atoms with van der Waals surface area (Å²) < 4.78 is 0. The summed E-state index contributed by atoms with van der Waals surface area (Å²) in [4.78, 5) is 16.7. The Morgan fingerprint density at radius 2 is 2.22 bits per heavy atom. The van der Waals surface area contributed by atoms with Crippen LogP contribution in [0.5, 0.6) is 0 Å². The van der Waals surface area contributed by atoms with Gasteiger partial charge in [0.25, 0.3) is 0 Å². The van der Waals surface area contributed by atoms with Gasteiger partial charge in [0.2, 0.25) is 5.91 Å². The molecule has 0 radical (unpaired) electrons. The smallest absolute Gasteiger partial charge is 0.232 e. The van der Waals surface area contributed by atoms with Crippen molar-refractivity contribution in [3.63, 3.8) is 0 Å². The Hall–Kier alpha value is -0.480. The molecule has 3 nitrogen and oxygen atoms in total. The zero-order valence-electron chi connectivity index (χ0n) is 11.4. The van der Waals surface area contributed by atoms with Crippen LogP contribution >= 0.6 is 11.8 Å². The lowest BCUT2D eigenvalue weighted by atomic mass is 9.79. The average Bonchev–Trinajstić information content (AvgIpc) is 2.70. The second kappa shape index (κ2) is 6.11. The third-order valence-electron chi connectivity index (χ3n) is 4.10. The van der Waals surface area contributed by atoms with E-state index in [9.17, 15) is 4.79 Å². The Morgan fingerprint density at radius 3 is 2.89 bits per heavy atom. The zero-order valence-corrected chi connectivity index (χ0v) is 12.2. The predicted octanol–water partition coefficient (Wildman–Crippen LogP) is 1.85. The molecule has 0 aromatic rings. The van der Waals surface area contributed by atoms with E-state index in [2.05, 4.69) is 23.4 Å². The highest BCUT2D eigenvalue weighted by atomic mass is 32.2. The highest BCUT2D eigenvalue weighted by molar-refractivity contribution is 8.00. The van der Waals surface area contributed by atoms with E-state index in [0.717, 1.165) is 25.4 Å². The molecule has 2 aliphatic rings. The van der Waals surface area contributed by atoms with Crippen LogP contribution in [0.4, 0.5) is 0 Å². The molecular formula is C14H24N2OS. The number of hydrogen-bond acceptors (Lipinski definition) is 3. The number of amides is 1. The number of likely N-dealkylation sites (tertiary alicyclic amines) is 2. The lowest BCUT2D eigenvalue weighted by Gasteiger charge is -2.40. The Morgan fingerprint density at radius 1 is 1.39 bits per heavy atom. The topological polar surface area (TPSA) is 23.6 Å². The van der Waals surface area contributed by atoms with Crippen LogP contribution in [0.2, 0.25) is 0 Å². The quantitative estimate of drug-likeness (QED) is 0.574. The molecule has 0 aromatic carbocycles. The molecule has 2 rings (SSSR count). The average molecular weight is 268 g/mol. The normalized spacial score (nSPS) is 28.8. The summed E-state index contributed by atoms with van der Waals surface area (Å²) in [6, 6.07) is 0. The number of hydrogen-bond donors (Lipinski definition) is 0. The number of rotatable bonds is 4. The van der Waals surface area contributed by atoms with Gasteiger partial charge in [-0.2, -0.15) is 0 Å². The second-order valence-corrected chi connectivity index (χ2v) is 6.74. The first kappa shape index (κ1) is 13.9. The van der Waals surface area contributed by atoms with E-state index < -0.39 is 0 Å². The van der Waals surface area contributed by atoms with Gasteiger partial charge in [0.05, 0.1) is 5.75 Å². The van der Waals surface area contributed by atoms with Crippen molar-refractivity contribution in [3.8, 4) is 0 Å². The van der Waals surface area contributed by atoms with E-state index in [1.807, 2.05) is 6.08 Å². The third kappa shape index (κ3) is 3.29. The first-order valence-corrected chi connectivity index (χ1v) is 7.96. The van der Waals surface area contributed by atoms with Crippen LogP contribution in [0.25, 0.3) is 0 Å². The summed E-state index contributed by atoms with van der Waals surface area (Å²) in [5.41, 5.74) is 0.395. The zero-order chi connectivity index (χ0) is 13.0. The van der Waals surface area contributed by atoms with Crippen LogP contribution in [0.3, 0.4) is 0 Å². The summed E-state index contributed by atoms with van der Waals surface area (Å²) in [6.45, 7) is 7.97. The molecule has 18 heavy (non-hydrogen) atoms. The van der Waals surface area contributed by atoms with Crippen molar-refractivity contribution in [2.75, 3.05) is 44.7 Å². The molecule has 1 atom stereocenters. The fraction of sp³-hybridized carbons (Fsp3) is 0.786. The molecular weight excluding hydrogens is 244 g/mol. The molecule has 0 aliphatic carbocycles. The summed E-state index contributed by atoms with van der Waals surface area (Å²) in [6.07, 6.45) is 5.58. The Kier molecular flexibility index (Phi) is 4.73. The minimum Gasteiger partial charge on any atom is -0.341 e. The van der Waals surface area contributed by atoms with Gasteiger partial charge in [-0.05, 0) is 32.9 Å². The number of nitrogens with zero attached hydrogens (tertiary/aromatic N) is 2. The maximum atomic E-state index is 12.2. The van der Waals surface area contributed by atoms with Crippen LogP contribution in [-0.4, -0.2) is 60.4 Å². The first-order valence-electron chi connectivity index (χ1n) is 6.80. The number of carbonyl (C=O) groups is 1. The van der Waals surface area contributed by atoms with E-state index in [1.165, 1.54) is 25.8 Å². The van der Waals surface area contributed by atoms with Crippen molar-refractivity contribution in [2.24, 2.45) is 5.41 Å². The maximum Gasteiger partial charge on any atom is 0.232 e. The third-order valence-corrected chi connectivity index (χ3v) is 5.03. The Labute approximate surface area is 115 Å². The summed E-state index contributed by atoms with van der Waals surface area (Å²) >= 11 is 1.67. The molecule has 4 heteroatoms. The van der Waals surface area contributed by atoms with E-state index in [1.54, 1.807) is 11.8 Å². The van der Waals surface area contributed by atoms with Gasteiger partial charge in [-0.3, -0.25) is 4.79 Å². The fourth-order valence-electron chi connectivity index (χ4n) is 3.23. The van der Waals surface area contributed by atoms with Crippen LogP contribution in [0, 0.1) is 5.41 Å². The van der Waals surface area contributed by atoms with Crippen molar-refractivity contribution in [1.82, 2.24) is 9.80 Å². The van der Waals surface area contributed by atoms with Gasteiger partial charge >= 0.3 is 0 Å². The SMILES string of the molecule is C=CCSCC(=O)N1CCCC2(CCN(C)C2)C1. The van der Waals surface area contributed by atoms with Gasteiger partial charge in [-0.15, -0.1) is 18.3 Å². The molecule has 1 unspecified atom stereocenters. The second-order valence-electron chi connectivity index (χ2n) is 5.71. The van der Waals surface area contributed by atoms with Gasteiger partial charge in [-0.25, -0.2) is 0 Å². The van der Waals surface area contributed by atoms with Crippen LogP contribution in [0.1, 0.15) is 19.3 Å². The molecule has 2 fully saturated rings. The van der Waals surface area contributed by atoms with Crippen molar-refractivity contribution in [3.05, 3.63) is 12.7 Å². The molecule has 2 heterocycles. The van der Waals surface area contributed by atoms with Gasteiger partial charge in [0.15, 0.2) is 0 Å². The van der Waals surface area contributed by atoms with Crippen molar-refractivity contribution in [2.45, 2.75) is 19.3 Å². The van der Waals surface area contributed by atoms with Crippen LogP contribution in [0.15, 0.2) is 12.7 Å². The van der Waals surface area contributed by atoms with Gasteiger partial charge < -0.3 is 9.80 Å². The minimum absolute atomic E-state index is 0.315. The van der Waals surface area contributed by atoms with Crippen molar-refractivity contribution in [1.29, 1.82) is 0 Å². The highest BCUT2D eigenvalue weighted by Crippen LogP contribution is 2.38. The Balaban J connectivity index is 1.86. The Bertz CT molecular complexity index is 317. The fourth-order valence-corrected chi connectivity index (χ4v) is 3.88. The van der Waals surface area contributed by atoms with Gasteiger partial charge in [-0.1, -0.05) is 6.08 Å². The molecule has 0 aromatic heterocycles. The molecule has 0 bridgehead atoms. The lowest BCUT2D eigenvalue weighted by Crippen LogP contribution is -2.47. The molecule has 0 N–H and O–H groups in total. The molecule has 2 saturated heterocycles. The summed E-state index contributed by atoms with van der Waals surface area (Å²) in [5.74, 6) is 1.79. The minimum atomic E-state index is 0.315. The van der Waals surface area contributed by atoms with E-state index in [-0.39, 0.29) is 0 Å². The van der Waals surface area contributed by atoms with Gasteiger partial charge in [0.1, 0.15) is 0 Å². The number of piperidine rings is 1. The molecule has 0 saturated carbocycles. The summed E-state index contributed by atoms with van der Waals surface area (Å²) in [5, 5.41) is 0. The van der Waals surface area contributed by atoms with Crippen LogP contribution in [-0.2, 0) is 4.79 Å².